The molecule has 1 aromatic carbocycles. The zero-order valence-corrected chi connectivity index (χ0v) is 8.62. The standard InChI is InChI=1S/C12H18O/c1-9(2)12-7-5-4-6-11(12)8-10(3)13/h4-7,9-10,13H,8H2,1-3H3/t10-/m1/s1. The summed E-state index contributed by atoms with van der Waals surface area (Å²) in [6.07, 6.45) is 0.508. The molecule has 0 aliphatic heterocycles. The fourth-order valence-corrected chi connectivity index (χ4v) is 1.60. The van der Waals surface area contributed by atoms with Gasteiger partial charge in [-0.2, -0.15) is 0 Å². The van der Waals surface area contributed by atoms with Gasteiger partial charge in [-0.25, -0.2) is 0 Å². The molecule has 72 valence electrons. The number of rotatable bonds is 3. The van der Waals surface area contributed by atoms with Gasteiger partial charge >= 0.3 is 0 Å². The Hall–Kier alpha value is -0.820. The first-order valence-corrected chi connectivity index (χ1v) is 4.87. The van der Waals surface area contributed by atoms with Crippen molar-refractivity contribution in [1.82, 2.24) is 0 Å². The van der Waals surface area contributed by atoms with Crippen molar-refractivity contribution >= 4 is 0 Å². The van der Waals surface area contributed by atoms with Gasteiger partial charge in [0, 0.05) is 0 Å². The van der Waals surface area contributed by atoms with Crippen LogP contribution in [0.15, 0.2) is 24.3 Å². The van der Waals surface area contributed by atoms with Crippen LogP contribution in [0.1, 0.15) is 37.8 Å². The lowest BCUT2D eigenvalue weighted by molar-refractivity contribution is 0.195. The molecule has 0 aliphatic rings. The predicted molar refractivity (Wildman–Crippen MR) is 55.9 cm³/mol. The highest BCUT2D eigenvalue weighted by Crippen LogP contribution is 2.20. The van der Waals surface area contributed by atoms with Gasteiger partial charge in [-0.1, -0.05) is 38.1 Å². The highest BCUT2D eigenvalue weighted by atomic mass is 16.3. The largest absolute Gasteiger partial charge is 0.393 e. The van der Waals surface area contributed by atoms with E-state index in [0.717, 1.165) is 6.42 Å². The van der Waals surface area contributed by atoms with Gasteiger partial charge in [0.05, 0.1) is 6.10 Å². The third-order valence-electron chi connectivity index (χ3n) is 2.19. The van der Waals surface area contributed by atoms with Crippen LogP contribution in [0.5, 0.6) is 0 Å². The van der Waals surface area contributed by atoms with Crippen LogP contribution in [-0.4, -0.2) is 11.2 Å². The van der Waals surface area contributed by atoms with Crippen molar-refractivity contribution in [2.75, 3.05) is 0 Å². The van der Waals surface area contributed by atoms with Crippen LogP contribution in [0.25, 0.3) is 0 Å². The maximum absolute atomic E-state index is 9.31. The fourth-order valence-electron chi connectivity index (χ4n) is 1.60. The van der Waals surface area contributed by atoms with Crippen LogP contribution in [0.2, 0.25) is 0 Å². The molecule has 0 aromatic heterocycles. The molecule has 0 saturated carbocycles. The monoisotopic (exact) mass is 178 g/mol. The van der Waals surface area contributed by atoms with Crippen LogP contribution < -0.4 is 0 Å². The highest BCUT2D eigenvalue weighted by molar-refractivity contribution is 5.30. The molecule has 1 N–H and O–H groups in total. The number of aliphatic hydroxyl groups excluding tert-OH is 1. The first-order chi connectivity index (χ1) is 6.11. The summed E-state index contributed by atoms with van der Waals surface area (Å²) < 4.78 is 0. The van der Waals surface area contributed by atoms with E-state index < -0.39 is 0 Å². The summed E-state index contributed by atoms with van der Waals surface area (Å²) in [6, 6.07) is 8.33. The van der Waals surface area contributed by atoms with Gasteiger partial charge in [0.1, 0.15) is 0 Å². The van der Waals surface area contributed by atoms with Crippen molar-refractivity contribution in [1.29, 1.82) is 0 Å². The van der Waals surface area contributed by atoms with Gasteiger partial charge in [-0.3, -0.25) is 0 Å². The molecular formula is C12H18O. The minimum atomic E-state index is -0.250. The van der Waals surface area contributed by atoms with Crippen molar-refractivity contribution in [2.45, 2.75) is 39.2 Å². The van der Waals surface area contributed by atoms with Gasteiger partial charge in [0.2, 0.25) is 0 Å². The van der Waals surface area contributed by atoms with E-state index in [0.29, 0.717) is 5.92 Å². The fraction of sp³-hybridized carbons (Fsp3) is 0.500. The molecule has 1 atom stereocenters. The Morgan fingerprint density at radius 3 is 2.31 bits per heavy atom. The molecule has 0 heterocycles. The molecule has 0 bridgehead atoms. The Kier molecular flexibility index (Phi) is 3.49. The molecule has 0 aliphatic carbocycles. The Morgan fingerprint density at radius 2 is 1.77 bits per heavy atom. The van der Waals surface area contributed by atoms with Crippen LogP contribution in [0, 0.1) is 0 Å². The maximum atomic E-state index is 9.31. The Morgan fingerprint density at radius 1 is 1.15 bits per heavy atom. The van der Waals surface area contributed by atoms with E-state index >= 15 is 0 Å². The van der Waals surface area contributed by atoms with Gasteiger partial charge in [-0.05, 0) is 30.4 Å². The normalized spacial score (nSPS) is 13.3. The topological polar surface area (TPSA) is 20.2 Å². The van der Waals surface area contributed by atoms with Gasteiger partial charge < -0.3 is 5.11 Å². The first-order valence-electron chi connectivity index (χ1n) is 4.87. The van der Waals surface area contributed by atoms with E-state index in [-0.39, 0.29) is 6.10 Å². The number of aliphatic hydroxyl groups is 1. The van der Waals surface area contributed by atoms with Gasteiger partial charge in [0.25, 0.3) is 0 Å². The quantitative estimate of drug-likeness (QED) is 0.754. The number of hydrogen-bond donors (Lipinski definition) is 1. The molecule has 0 amide bonds. The average Bonchev–Trinajstić information content (AvgIpc) is 2.03. The van der Waals surface area contributed by atoms with Gasteiger partial charge in [-0.15, -0.1) is 0 Å². The second-order valence-electron chi connectivity index (χ2n) is 3.91. The van der Waals surface area contributed by atoms with Crippen molar-refractivity contribution in [3.8, 4) is 0 Å². The van der Waals surface area contributed by atoms with E-state index in [1.807, 2.05) is 13.0 Å². The maximum Gasteiger partial charge on any atom is 0.0552 e. The summed E-state index contributed by atoms with van der Waals surface area (Å²) in [6.45, 7) is 6.19. The van der Waals surface area contributed by atoms with Crippen LogP contribution in [-0.2, 0) is 6.42 Å². The van der Waals surface area contributed by atoms with E-state index in [9.17, 15) is 5.11 Å². The van der Waals surface area contributed by atoms with E-state index in [4.69, 9.17) is 0 Å². The van der Waals surface area contributed by atoms with Crippen molar-refractivity contribution in [2.24, 2.45) is 0 Å². The molecule has 0 fully saturated rings. The minimum absolute atomic E-state index is 0.250. The second kappa shape index (κ2) is 4.43. The molecule has 0 unspecified atom stereocenters. The summed E-state index contributed by atoms with van der Waals surface area (Å²) in [5.74, 6) is 0.537. The summed E-state index contributed by atoms with van der Waals surface area (Å²) in [4.78, 5) is 0. The molecule has 1 rings (SSSR count). The molecule has 1 heteroatoms. The van der Waals surface area contributed by atoms with Crippen molar-refractivity contribution in [3.05, 3.63) is 35.4 Å². The molecule has 0 saturated heterocycles. The summed E-state index contributed by atoms with van der Waals surface area (Å²) >= 11 is 0. The molecular weight excluding hydrogens is 160 g/mol. The third-order valence-corrected chi connectivity index (χ3v) is 2.19. The Balaban J connectivity index is 2.91. The van der Waals surface area contributed by atoms with E-state index in [2.05, 4.69) is 32.0 Å². The van der Waals surface area contributed by atoms with Crippen LogP contribution in [0.4, 0.5) is 0 Å². The van der Waals surface area contributed by atoms with Gasteiger partial charge in [0.15, 0.2) is 0 Å². The van der Waals surface area contributed by atoms with E-state index in [1.165, 1.54) is 11.1 Å². The molecule has 0 spiro atoms. The predicted octanol–water partition coefficient (Wildman–Crippen LogP) is 2.73. The smallest absolute Gasteiger partial charge is 0.0552 e. The zero-order chi connectivity index (χ0) is 9.84. The third kappa shape index (κ3) is 2.85. The molecule has 1 nitrogen and oxygen atoms in total. The number of benzene rings is 1. The molecule has 0 radical (unpaired) electrons. The highest BCUT2D eigenvalue weighted by Gasteiger charge is 2.07. The number of hydrogen-bond acceptors (Lipinski definition) is 1. The van der Waals surface area contributed by atoms with Crippen LogP contribution >= 0.6 is 0 Å². The van der Waals surface area contributed by atoms with Crippen LogP contribution in [0.3, 0.4) is 0 Å². The summed E-state index contributed by atoms with van der Waals surface area (Å²) in [5, 5.41) is 9.31. The first kappa shape index (κ1) is 10.3. The summed E-state index contributed by atoms with van der Waals surface area (Å²) in [5.41, 5.74) is 2.62. The zero-order valence-electron chi connectivity index (χ0n) is 8.62. The lowest BCUT2D eigenvalue weighted by Gasteiger charge is -2.13. The van der Waals surface area contributed by atoms with Crippen molar-refractivity contribution < 1.29 is 5.11 Å². The lowest BCUT2D eigenvalue weighted by atomic mass is 9.94. The van der Waals surface area contributed by atoms with Crippen molar-refractivity contribution in [3.63, 3.8) is 0 Å². The van der Waals surface area contributed by atoms with E-state index in [1.54, 1.807) is 0 Å². The molecule has 1 aromatic rings. The Bertz CT molecular complexity index is 264. The average molecular weight is 178 g/mol. The SMILES string of the molecule is CC(C)c1ccccc1C[C@@H](C)O. The second-order valence-corrected chi connectivity index (χ2v) is 3.91. The minimum Gasteiger partial charge on any atom is -0.393 e. The summed E-state index contributed by atoms with van der Waals surface area (Å²) in [7, 11) is 0. The Labute approximate surface area is 80.4 Å². The lowest BCUT2D eigenvalue weighted by Crippen LogP contribution is -2.07. The molecule has 13 heavy (non-hydrogen) atoms.